The van der Waals surface area contributed by atoms with Crippen molar-refractivity contribution in [3.63, 3.8) is 0 Å². The molecule has 1 fully saturated rings. The minimum Gasteiger partial charge on any atom is -0.491 e. The lowest BCUT2D eigenvalue weighted by atomic mass is 9.92. The first kappa shape index (κ1) is 17.8. The molecule has 1 N–H and O–H groups in total. The third-order valence-corrected chi connectivity index (χ3v) is 4.94. The van der Waals surface area contributed by atoms with E-state index >= 15 is 0 Å². The number of benzene rings is 1. The number of nitrogens with zero attached hydrogens (tertiary/aromatic N) is 3. The van der Waals surface area contributed by atoms with Gasteiger partial charge in [0.25, 0.3) is 0 Å². The van der Waals surface area contributed by atoms with Crippen LogP contribution in [0.4, 0.5) is 8.78 Å². The van der Waals surface area contributed by atoms with Crippen molar-refractivity contribution >= 4 is 0 Å². The predicted molar refractivity (Wildman–Crippen MR) is 88.1 cm³/mol. The van der Waals surface area contributed by atoms with Crippen LogP contribution in [0.15, 0.2) is 30.9 Å². The summed E-state index contributed by atoms with van der Waals surface area (Å²) in [5.74, 6) is -1.26. The normalized spacial score (nSPS) is 17.9. The molecule has 0 bridgehead atoms. The number of hydrogen-bond acceptors (Lipinski definition) is 4. The minimum absolute atomic E-state index is 0.0373. The van der Waals surface area contributed by atoms with Crippen LogP contribution >= 0.6 is 0 Å². The lowest BCUT2D eigenvalue weighted by Gasteiger charge is -2.27. The summed E-state index contributed by atoms with van der Waals surface area (Å²) in [6, 6.07) is 3.15. The Hall–Kier alpha value is -2.02. The van der Waals surface area contributed by atoms with Gasteiger partial charge < -0.3 is 9.84 Å². The van der Waals surface area contributed by atoms with Gasteiger partial charge >= 0.3 is 0 Å². The molecule has 1 saturated carbocycles. The van der Waals surface area contributed by atoms with Gasteiger partial charge in [-0.3, -0.25) is 0 Å². The van der Waals surface area contributed by atoms with Crippen molar-refractivity contribution < 1.29 is 18.6 Å². The van der Waals surface area contributed by atoms with Crippen LogP contribution in [0.25, 0.3) is 0 Å². The maximum Gasteiger partial charge on any atom is 0.167 e. The van der Waals surface area contributed by atoms with E-state index in [2.05, 4.69) is 17.0 Å². The second-order valence-electron chi connectivity index (χ2n) is 6.96. The van der Waals surface area contributed by atoms with Gasteiger partial charge in [0.1, 0.15) is 18.5 Å². The summed E-state index contributed by atoms with van der Waals surface area (Å²) in [6.07, 6.45) is 6.89. The summed E-state index contributed by atoms with van der Waals surface area (Å²) in [5.41, 5.74) is -0.0373. The fourth-order valence-electron chi connectivity index (χ4n) is 3.01. The number of halogens is 2. The highest BCUT2D eigenvalue weighted by Gasteiger charge is 2.47. The molecule has 0 saturated heterocycles. The van der Waals surface area contributed by atoms with Gasteiger partial charge in [0, 0.05) is 6.07 Å². The van der Waals surface area contributed by atoms with Gasteiger partial charge in [0.15, 0.2) is 11.6 Å². The molecule has 3 rings (SSSR count). The zero-order valence-electron chi connectivity index (χ0n) is 14.2. The largest absolute Gasteiger partial charge is 0.491 e. The lowest BCUT2D eigenvalue weighted by molar-refractivity contribution is 0.0396. The summed E-state index contributed by atoms with van der Waals surface area (Å²) in [7, 11) is 0. The average Bonchev–Trinajstić information content (AvgIpc) is 3.11. The molecule has 7 heteroatoms. The molecular weight excluding hydrogens is 328 g/mol. The number of ether oxygens (including phenoxy) is 1. The first-order valence-corrected chi connectivity index (χ1v) is 8.60. The van der Waals surface area contributed by atoms with Crippen LogP contribution < -0.4 is 4.74 Å². The topological polar surface area (TPSA) is 60.2 Å². The van der Waals surface area contributed by atoms with Gasteiger partial charge in [-0.2, -0.15) is 5.10 Å². The minimum atomic E-state index is -0.697. The number of aromatic nitrogens is 3. The summed E-state index contributed by atoms with van der Waals surface area (Å²) < 4.78 is 33.4. The molecule has 2 unspecified atom stereocenters. The van der Waals surface area contributed by atoms with Gasteiger partial charge in [-0.15, -0.1) is 0 Å². The SMILES string of the molecule is CC1(C(O)C(CCCCOc2ccc(F)cc2F)n2cncn2)CC1. The van der Waals surface area contributed by atoms with Crippen molar-refractivity contribution in [1.29, 1.82) is 0 Å². The molecule has 0 aliphatic heterocycles. The van der Waals surface area contributed by atoms with E-state index in [0.717, 1.165) is 31.7 Å². The number of hydrogen-bond donors (Lipinski definition) is 1. The van der Waals surface area contributed by atoms with Crippen LogP contribution in [0, 0.1) is 17.0 Å². The van der Waals surface area contributed by atoms with Crippen molar-refractivity contribution in [3.05, 3.63) is 42.5 Å². The molecule has 1 aromatic heterocycles. The second-order valence-corrected chi connectivity index (χ2v) is 6.96. The van der Waals surface area contributed by atoms with E-state index in [9.17, 15) is 13.9 Å². The van der Waals surface area contributed by atoms with Crippen LogP contribution in [-0.4, -0.2) is 32.6 Å². The molecule has 1 aliphatic rings. The van der Waals surface area contributed by atoms with E-state index in [4.69, 9.17) is 4.74 Å². The highest BCUT2D eigenvalue weighted by molar-refractivity contribution is 5.24. The molecule has 2 atom stereocenters. The fourth-order valence-corrected chi connectivity index (χ4v) is 3.01. The van der Waals surface area contributed by atoms with Gasteiger partial charge in [0.2, 0.25) is 0 Å². The lowest BCUT2D eigenvalue weighted by Crippen LogP contribution is -2.31. The smallest absolute Gasteiger partial charge is 0.167 e. The van der Waals surface area contributed by atoms with Crippen LogP contribution in [0.5, 0.6) is 5.75 Å². The van der Waals surface area contributed by atoms with E-state index in [1.54, 1.807) is 11.0 Å². The molecule has 2 aromatic rings. The Morgan fingerprint density at radius 3 is 2.76 bits per heavy atom. The molecule has 25 heavy (non-hydrogen) atoms. The van der Waals surface area contributed by atoms with Gasteiger partial charge in [-0.25, -0.2) is 18.4 Å². The Morgan fingerprint density at radius 2 is 2.12 bits per heavy atom. The molecule has 1 heterocycles. The van der Waals surface area contributed by atoms with E-state index in [1.807, 2.05) is 0 Å². The molecule has 1 aromatic carbocycles. The third kappa shape index (κ3) is 4.34. The van der Waals surface area contributed by atoms with Crippen LogP contribution in [0.1, 0.15) is 45.1 Å². The zero-order valence-corrected chi connectivity index (χ0v) is 14.2. The van der Waals surface area contributed by atoms with Crippen LogP contribution in [0.3, 0.4) is 0 Å². The standard InChI is InChI=1S/C18H23F2N3O2/c1-18(7-8-18)17(24)15(23-12-21-11-22-23)4-2-3-9-25-16-6-5-13(19)10-14(16)20/h5-6,10-12,15,17,24H,2-4,7-9H2,1H3. The Morgan fingerprint density at radius 1 is 1.32 bits per heavy atom. The number of unbranched alkanes of at least 4 members (excludes halogenated alkanes) is 1. The molecule has 0 radical (unpaired) electrons. The van der Waals surface area contributed by atoms with E-state index in [1.165, 1.54) is 18.5 Å². The highest BCUT2D eigenvalue weighted by Crippen LogP contribution is 2.51. The molecular formula is C18H23F2N3O2. The summed E-state index contributed by atoms with van der Waals surface area (Å²) in [4.78, 5) is 3.97. The predicted octanol–water partition coefficient (Wildman–Crippen LogP) is 3.51. The van der Waals surface area contributed by atoms with Gasteiger partial charge in [0.05, 0.1) is 18.8 Å². The Kier molecular flexibility index (Phi) is 5.32. The summed E-state index contributed by atoms with van der Waals surface area (Å²) >= 11 is 0. The van der Waals surface area contributed by atoms with Crippen molar-refractivity contribution in [2.75, 3.05) is 6.61 Å². The van der Waals surface area contributed by atoms with Gasteiger partial charge in [-0.1, -0.05) is 6.92 Å². The first-order valence-electron chi connectivity index (χ1n) is 8.60. The summed E-state index contributed by atoms with van der Waals surface area (Å²) in [5, 5.41) is 14.8. The molecule has 5 nitrogen and oxygen atoms in total. The van der Waals surface area contributed by atoms with E-state index < -0.39 is 17.7 Å². The van der Waals surface area contributed by atoms with Crippen molar-refractivity contribution in [2.45, 2.75) is 51.2 Å². The Labute approximate surface area is 145 Å². The monoisotopic (exact) mass is 351 g/mol. The van der Waals surface area contributed by atoms with Crippen molar-refractivity contribution in [3.8, 4) is 5.75 Å². The van der Waals surface area contributed by atoms with Gasteiger partial charge in [-0.05, 0) is 49.7 Å². The number of aliphatic hydroxyl groups excluding tert-OH is 1. The number of rotatable bonds is 9. The first-order chi connectivity index (χ1) is 12.0. The average molecular weight is 351 g/mol. The quantitative estimate of drug-likeness (QED) is 0.703. The second kappa shape index (κ2) is 7.47. The Bertz CT molecular complexity index is 690. The zero-order chi connectivity index (χ0) is 17.9. The fraction of sp³-hybridized carbons (Fsp3) is 0.556. The van der Waals surface area contributed by atoms with Crippen molar-refractivity contribution in [1.82, 2.24) is 14.8 Å². The third-order valence-electron chi connectivity index (χ3n) is 4.94. The summed E-state index contributed by atoms with van der Waals surface area (Å²) in [6.45, 7) is 2.42. The number of aliphatic hydroxyl groups is 1. The molecule has 0 spiro atoms. The van der Waals surface area contributed by atoms with Crippen molar-refractivity contribution in [2.24, 2.45) is 5.41 Å². The highest BCUT2D eigenvalue weighted by atomic mass is 19.1. The maximum atomic E-state index is 13.5. The molecule has 0 amide bonds. The van der Waals surface area contributed by atoms with Crippen LogP contribution in [0.2, 0.25) is 0 Å². The van der Waals surface area contributed by atoms with Crippen LogP contribution in [-0.2, 0) is 0 Å². The molecule has 1 aliphatic carbocycles. The molecule has 136 valence electrons. The maximum absolute atomic E-state index is 13.5. The Balaban J connectivity index is 1.48. The van der Waals surface area contributed by atoms with E-state index in [-0.39, 0.29) is 17.2 Å². The van der Waals surface area contributed by atoms with E-state index in [0.29, 0.717) is 13.0 Å².